The zero-order valence-corrected chi connectivity index (χ0v) is 15.1. The molecule has 0 unspecified atom stereocenters. The minimum Gasteiger partial charge on any atom is -0.493 e. The fraction of sp³-hybridized carbons (Fsp3) is 0.350. The number of para-hydroxylation sites is 2. The zero-order valence-electron chi connectivity index (χ0n) is 15.1. The number of benzene rings is 2. The molecule has 1 aliphatic rings. The largest absolute Gasteiger partial charge is 0.493 e. The van der Waals surface area contributed by atoms with Crippen molar-refractivity contribution in [2.24, 2.45) is 0 Å². The summed E-state index contributed by atoms with van der Waals surface area (Å²) in [5.41, 5.74) is 2.98. The molecular formula is C20H23N3O3. The number of piperazine rings is 1. The molecule has 0 bridgehead atoms. The third kappa shape index (κ3) is 3.32. The molecule has 2 heterocycles. The van der Waals surface area contributed by atoms with Crippen LogP contribution in [-0.4, -0.2) is 50.3 Å². The van der Waals surface area contributed by atoms with Crippen molar-refractivity contribution in [2.45, 2.75) is 6.54 Å². The van der Waals surface area contributed by atoms with Gasteiger partial charge in [-0.3, -0.25) is 4.90 Å². The number of hydrogen-bond acceptors (Lipinski definition) is 6. The molecule has 0 atom stereocenters. The Morgan fingerprint density at radius 2 is 1.73 bits per heavy atom. The third-order valence-electron chi connectivity index (χ3n) is 4.78. The van der Waals surface area contributed by atoms with Crippen molar-refractivity contribution in [3.05, 3.63) is 48.0 Å². The molecule has 1 saturated heterocycles. The average molecular weight is 353 g/mol. The SMILES string of the molecule is COc1ccc(CN2CCN(c3nc4ccccc4o3)CC2)cc1OC. The standard InChI is InChI=1S/C20H23N3O3/c1-24-18-8-7-15(13-19(18)25-2)14-22-9-11-23(12-10-22)20-21-16-5-3-4-6-17(16)26-20/h3-8,13H,9-12,14H2,1-2H3. The van der Waals surface area contributed by atoms with Crippen LogP contribution in [0.3, 0.4) is 0 Å². The molecule has 2 aromatic carbocycles. The van der Waals surface area contributed by atoms with Gasteiger partial charge in [-0.05, 0) is 29.8 Å². The van der Waals surface area contributed by atoms with Gasteiger partial charge in [0.05, 0.1) is 14.2 Å². The highest BCUT2D eigenvalue weighted by molar-refractivity contribution is 5.74. The Hall–Kier alpha value is -2.73. The fourth-order valence-corrected chi connectivity index (χ4v) is 3.33. The van der Waals surface area contributed by atoms with Crippen molar-refractivity contribution in [3.63, 3.8) is 0 Å². The number of fused-ring (bicyclic) bond motifs is 1. The van der Waals surface area contributed by atoms with Crippen LogP contribution in [0, 0.1) is 0 Å². The lowest BCUT2D eigenvalue weighted by Crippen LogP contribution is -2.46. The van der Waals surface area contributed by atoms with E-state index >= 15 is 0 Å². The van der Waals surface area contributed by atoms with Gasteiger partial charge in [0.15, 0.2) is 17.1 Å². The topological polar surface area (TPSA) is 51.0 Å². The van der Waals surface area contributed by atoms with Crippen LogP contribution in [-0.2, 0) is 6.54 Å². The number of oxazole rings is 1. The van der Waals surface area contributed by atoms with E-state index in [1.165, 1.54) is 5.56 Å². The van der Waals surface area contributed by atoms with Gasteiger partial charge in [0.25, 0.3) is 6.01 Å². The second kappa shape index (κ2) is 7.25. The first-order chi connectivity index (χ1) is 12.8. The first kappa shape index (κ1) is 16.7. The highest BCUT2D eigenvalue weighted by Gasteiger charge is 2.21. The van der Waals surface area contributed by atoms with Crippen molar-refractivity contribution < 1.29 is 13.9 Å². The van der Waals surface area contributed by atoms with Crippen molar-refractivity contribution in [1.29, 1.82) is 0 Å². The van der Waals surface area contributed by atoms with E-state index in [2.05, 4.69) is 20.9 Å². The smallest absolute Gasteiger partial charge is 0.298 e. The predicted octanol–water partition coefficient (Wildman–Crippen LogP) is 3.17. The first-order valence-electron chi connectivity index (χ1n) is 8.80. The Bertz CT molecular complexity index is 852. The molecule has 0 N–H and O–H groups in total. The summed E-state index contributed by atoms with van der Waals surface area (Å²) < 4.78 is 16.6. The predicted molar refractivity (Wildman–Crippen MR) is 101 cm³/mol. The Morgan fingerprint density at radius 3 is 2.46 bits per heavy atom. The summed E-state index contributed by atoms with van der Waals surface area (Å²) >= 11 is 0. The molecule has 0 spiro atoms. The maximum Gasteiger partial charge on any atom is 0.298 e. The fourth-order valence-electron chi connectivity index (χ4n) is 3.33. The monoisotopic (exact) mass is 353 g/mol. The molecule has 0 amide bonds. The molecule has 0 aliphatic carbocycles. The molecule has 136 valence electrons. The summed E-state index contributed by atoms with van der Waals surface area (Å²) in [6.45, 7) is 4.63. The van der Waals surface area contributed by atoms with E-state index < -0.39 is 0 Å². The minimum absolute atomic E-state index is 0.719. The summed E-state index contributed by atoms with van der Waals surface area (Å²) in [5.74, 6) is 1.53. The van der Waals surface area contributed by atoms with E-state index in [1.807, 2.05) is 36.4 Å². The summed E-state index contributed by atoms with van der Waals surface area (Å²) in [4.78, 5) is 9.24. The molecule has 3 aromatic rings. The van der Waals surface area contributed by atoms with Gasteiger partial charge >= 0.3 is 0 Å². The zero-order chi connectivity index (χ0) is 17.9. The Morgan fingerprint density at radius 1 is 0.962 bits per heavy atom. The molecule has 6 heteroatoms. The first-order valence-corrected chi connectivity index (χ1v) is 8.80. The van der Waals surface area contributed by atoms with Crippen molar-refractivity contribution >= 4 is 17.1 Å². The van der Waals surface area contributed by atoms with Gasteiger partial charge in [0.1, 0.15) is 5.52 Å². The Kier molecular flexibility index (Phi) is 4.67. The lowest BCUT2D eigenvalue weighted by molar-refractivity contribution is 0.245. The van der Waals surface area contributed by atoms with Crippen LogP contribution >= 0.6 is 0 Å². The molecule has 6 nitrogen and oxygen atoms in total. The van der Waals surface area contributed by atoms with Crippen LogP contribution in [0.25, 0.3) is 11.1 Å². The van der Waals surface area contributed by atoms with Crippen molar-refractivity contribution in [1.82, 2.24) is 9.88 Å². The lowest BCUT2D eigenvalue weighted by Gasteiger charge is -2.33. The van der Waals surface area contributed by atoms with E-state index in [0.717, 1.165) is 61.3 Å². The van der Waals surface area contributed by atoms with Gasteiger partial charge < -0.3 is 18.8 Å². The third-order valence-corrected chi connectivity index (χ3v) is 4.78. The van der Waals surface area contributed by atoms with Crippen LogP contribution in [0.1, 0.15) is 5.56 Å². The van der Waals surface area contributed by atoms with Gasteiger partial charge in [0.2, 0.25) is 0 Å². The summed E-state index contributed by atoms with van der Waals surface area (Å²) in [6, 6.07) is 14.7. The molecule has 1 aromatic heterocycles. The molecule has 4 rings (SSSR count). The number of anilines is 1. The quantitative estimate of drug-likeness (QED) is 0.702. The molecule has 1 aliphatic heterocycles. The maximum absolute atomic E-state index is 5.88. The number of aromatic nitrogens is 1. The van der Waals surface area contributed by atoms with E-state index in [1.54, 1.807) is 14.2 Å². The van der Waals surface area contributed by atoms with Crippen LogP contribution in [0.4, 0.5) is 6.01 Å². The number of ether oxygens (including phenoxy) is 2. The van der Waals surface area contributed by atoms with Gasteiger partial charge in [-0.25, -0.2) is 0 Å². The Labute approximate surface area is 152 Å². The normalized spacial score (nSPS) is 15.4. The molecule has 0 saturated carbocycles. The summed E-state index contributed by atoms with van der Waals surface area (Å²) in [7, 11) is 3.32. The second-order valence-corrected chi connectivity index (χ2v) is 6.42. The highest BCUT2D eigenvalue weighted by Crippen LogP contribution is 2.28. The molecule has 0 radical (unpaired) electrons. The number of nitrogens with zero attached hydrogens (tertiary/aromatic N) is 3. The van der Waals surface area contributed by atoms with E-state index in [4.69, 9.17) is 13.9 Å². The minimum atomic E-state index is 0.719. The molecule has 1 fully saturated rings. The second-order valence-electron chi connectivity index (χ2n) is 6.42. The summed E-state index contributed by atoms with van der Waals surface area (Å²) in [6.07, 6.45) is 0. The van der Waals surface area contributed by atoms with Crippen LogP contribution in [0.15, 0.2) is 46.9 Å². The van der Waals surface area contributed by atoms with E-state index in [0.29, 0.717) is 0 Å². The lowest BCUT2D eigenvalue weighted by atomic mass is 10.1. The maximum atomic E-state index is 5.88. The number of hydrogen-bond donors (Lipinski definition) is 0. The summed E-state index contributed by atoms with van der Waals surface area (Å²) in [5, 5.41) is 0. The van der Waals surface area contributed by atoms with Crippen LogP contribution in [0.2, 0.25) is 0 Å². The molecular weight excluding hydrogens is 330 g/mol. The van der Waals surface area contributed by atoms with Crippen molar-refractivity contribution in [2.75, 3.05) is 45.3 Å². The van der Waals surface area contributed by atoms with Gasteiger partial charge in [-0.15, -0.1) is 0 Å². The molecule has 26 heavy (non-hydrogen) atoms. The van der Waals surface area contributed by atoms with Crippen LogP contribution in [0.5, 0.6) is 11.5 Å². The van der Waals surface area contributed by atoms with Gasteiger partial charge in [-0.1, -0.05) is 18.2 Å². The van der Waals surface area contributed by atoms with Gasteiger partial charge in [-0.2, -0.15) is 4.98 Å². The van der Waals surface area contributed by atoms with Crippen LogP contribution < -0.4 is 14.4 Å². The van der Waals surface area contributed by atoms with Crippen molar-refractivity contribution in [3.8, 4) is 11.5 Å². The number of rotatable bonds is 5. The van der Waals surface area contributed by atoms with E-state index in [-0.39, 0.29) is 0 Å². The van der Waals surface area contributed by atoms with E-state index in [9.17, 15) is 0 Å². The highest BCUT2D eigenvalue weighted by atomic mass is 16.5. The van der Waals surface area contributed by atoms with Gasteiger partial charge in [0, 0.05) is 32.7 Å². The number of methoxy groups -OCH3 is 2. The Balaban J connectivity index is 1.39. The average Bonchev–Trinajstić information content (AvgIpc) is 3.12.